The summed E-state index contributed by atoms with van der Waals surface area (Å²) < 4.78 is 0. The molecule has 0 spiro atoms. The fourth-order valence-electron chi connectivity index (χ4n) is 2.12. The number of H-pyrrole nitrogens is 1. The Bertz CT molecular complexity index is 558. The van der Waals surface area contributed by atoms with Crippen LogP contribution < -0.4 is 5.32 Å². The molecular weight excluding hydrogens is 198 g/mol. The van der Waals surface area contributed by atoms with E-state index in [-0.39, 0.29) is 0 Å². The van der Waals surface area contributed by atoms with Crippen LogP contribution in [0.4, 0.5) is 5.82 Å². The van der Waals surface area contributed by atoms with Crippen molar-refractivity contribution in [1.29, 1.82) is 5.26 Å². The number of anilines is 1. The topological polar surface area (TPSA) is 51.6 Å². The van der Waals surface area contributed by atoms with Crippen molar-refractivity contribution >= 4 is 16.7 Å². The third kappa shape index (κ3) is 1.35. The third-order valence-corrected chi connectivity index (χ3v) is 3.27. The number of nitrogens with one attached hydrogen (secondary N) is 2. The molecule has 2 N–H and O–H groups in total. The summed E-state index contributed by atoms with van der Waals surface area (Å²) >= 11 is 0. The SMILES string of the molecule is N#Cc1c(NC2CCC2)[nH]c2ccccc12. The Balaban J connectivity index is 2.05. The molecule has 0 bridgehead atoms. The largest absolute Gasteiger partial charge is 0.368 e. The van der Waals surface area contributed by atoms with E-state index < -0.39 is 0 Å². The van der Waals surface area contributed by atoms with Crippen molar-refractivity contribution in [2.45, 2.75) is 25.3 Å². The molecule has 0 aliphatic heterocycles. The summed E-state index contributed by atoms with van der Waals surface area (Å²) in [5, 5.41) is 13.6. The minimum atomic E-state index is 0.542. The quantitative estimate of drug-likeness (QED) is 0.802. The standard InChI is InChI=1S/C13H13N3/c14-8-11-10-6-1-2-7-12(10)16-13(11)15-9-4-3-5-9/h1-2,6-7,9,15-16H,3-5H2. The number of nitriles is 1. The predicted molar refractivity (Wildman–Crippen MR) is 64.3 cm³/mol. The number of hydrogen-bond acceptors (Lipinski definition) is 2. The van der Waals surface area contributed by atoms with Crippen LogP contribution in [-0.4, -0.2) is 11.0 Å². The number of para-hydroxylation sites is 1. The molecule has 0 amide bonds. The van der Waals surface area contributed by atoms with Gasteiger partial charge < -0.3 is 10.3 Å². The van der Waals surface area contributed by atoms with Crippen LogP contribution in [0.15, 0.2) is 24.3 Å². The van der Waals surface area contributed by atoms with E-state index in [0.717, 1.165) is 22.3 Å². The normalized spacial score (nSPS) is 15.7. The number of fused-ring (bicyclic) bond motifs is 1. The highest BCUT2D eigenvalue weighted by Crippen LogP contribution is 2.29. The number of aromatic amines is 1. The van der Waals surface area contributed by atoms with E-state index in [2.05, 4.69) is 16.4 Å². The second kappa shape index (κ2) is 3.57. The van der Waals surface area contributed by atoms with Crippen molar-refractivity contribution in [3.63, 3.8) is 0 Å². The number of aromatic nitrogens is 1. The van der Waals surface area contributed by atoms with Gasteiger partial charge in [-0.2, -0.15) is 5.26 Å². The monoisotopic (exact) mass is 211 g/mol. The molecule has 1 heterocycles. The van der Waals surface area contributed by atoms with Crippen LogP contribution in [0, 0.1) is 11.3 Å². The van der Waals surface area contributed by atoms with Crippen LogP contribution in [0.2, 0.25) is 0 Å². The van der Waals surface area contributed by atoms with Crippen molar-refractivity contribution in [3.05, 3.63) is 29.8 Å². The zero-order chi connectivity index (χ0) is 11.0. The van der Waals surface area contributed by atoms with E-state index in [1.807, 2.05) is 24.3 Å². The summed E-state index contributed by atoms with van der Waals surface area (Å²) in [5.74, 6) is 0.883. The summed E-state index contributed by atoms with van der Waals surface area (Å²) in [4.78, 5) is 3.28. The minimum absolute atomic E-state index is 0.542. The Morgan fingerprint density at radius 2 is 2.12 bits per heavy atom. The molecule has 1 aliphatic rings. The summed E-state index contributed by atoms with van der Waals surface area (Å²) in [5.41, 5.74) is 1.77. The molecule has 3 nitrogen and oxygen atoms in total. The first-order valence-electron chi connectivity index (χ1n) is 5.66. The fourth-order valence-corrected chi connectivity index (χ4v) is 2.12. The molecule has 3 heteroatoms. The zero-order valence-corrected chi connectivity index (χ0v) is 8.96. The minimum Gasteiger partial charge on any atom is -0.368 e. The van der Waals surface area contributed by atoms with E-state index in [9.17, 15) is 5.26 Å². The van der Waals surface area contributed by atoms with Crippen LogP contribution in [-0.2, 0) is 0 Å². The number of hydrogen-bond donors (Lipinski definition) is 2. The van der Waals surface area contributed by atoms with E-state index in [1.54, 1.807) is 0 Å². The first-order valence-corrected chi connectivity index (χ1v) is 5.66. The summed E-state index contributed by atoms with van der Waals surface area (Å²) in [6, 6.07) is 10.7. The Hall–Kier alpha value is -1.95. The molecule has 1 fully saturated rings. The molecule has 1 aromatic carbocycles. The van der Waals surface area contributed by atoms with Gasteiger partial charge in [0.15, 0.2) is 0 Å². The van der Waals surface area contributed by atoms with E-state index in [1.165, 1.54) is 19.3 Å². The lowest BCUT2D eigenvalue weighted by Gasteiger charge is -2.26. The second-order valence-corrected chi connectivity index (χ2v) is 4.30. The van der Waals surface area contributed by atoms with Gasteiger partial charge in [-0.1, -0.05) is 18.2 Å². The van der Waals surface area contributed by atoms with Gasteiger partial charge in [0.1, 0.15) is 17.5 Å². The van der Waals surface area contributed by atoms with Gasteiger partial charge in [-0.15, -0.1) is 0 Å². The second-order valence-electron chi connectivity index (χ2n) is 4.30. The molecule has 3 rings (SSSR count). The third-order valence-electron chi connectivity index (χ3n) is 3.27. The predicted octanol–water partition coefficient (Wildman–Crippen LogP) is 3.00. The maximum absolute atomic E-state index is 9.20. The van der Waals surface area contributed by atoms with Gasteiger partial charge in [0, 0.05) is 16.9 Å². The molecule has 0 unspecified atom stereocenters. The average Bonchev–Trinajstić information content (AvgIpc) is 2.60. The van der Waals surface area contributed by atoms with Crippen molar-refractivity contribution < 1.29 is 0 Å². The van der Waals surface area contributed by atoms with Crippen molar-refractivity contribution in [3.8, 4) is 6.07 Å². The average molecular weight is 211 g/mol. The fraction of sp³-hybridized carbons (Fsp3) is 0.308. The Labute approximate surface area is 94.1 Å². The summed E-state index contributed by atoms with van der Waals surface area (Å²) in [7, 11) is 0. The lowest BCUT2D eigenvalue weighted by Crippen LogP contribution is -2.27. The maximum atomic E-state index is 9.20. The zero-order valence-electron chi connectivity index (χ0n) is 8.96. The molecule has 16 heavy (non-hydrogen) atoms. The molecule has 2 aromatic rings. The van der Waals surface area contributed by atoms with Crippen LogP contribution in [0.25, 0.3) is 10.9 Å². The number of rotatable bonds is 2. The van der Waals surface area contributed by atoms with Crippen LogP contribution in [0.3, 0.4) is 0 Å². The number of nitrogens with zero attached hydrogens (tertiary/aromatic N) is 1. The highest BCUT2D eigenvalue weighted by molar-refractivity contribution is 5.91. The Morgan fingerprint density at radius 3 is 2.81 bits per heavy atom. The van der Waals surface area contributed by atoms with Gasteiger partial charge in [-0.3, -0.25) is 0 Å². The molecule has 1 aromatic heterocycles. The van der Waals surface area contributed by atoms with E-state index >= 15 is 0 Å². The Morgan fingerprint density at radius 1 is 1.31 bits per heavy atom. The first kappa shape index (κ1) is 9.29. The van der Waals surface area contributed by atoms with E-state index in [0.29, 0.717) is 6.04 Å². The van der Waals surface area contributed by atoms with Gasteiger partial charge >= 0.3 is 0 Å². The molecule has 80 valence electrons. The van der Waals surface area contributed by atoms with Crippen LogP contribution >= 0.6 is 0 Å². The molecule has 1 aliphatic carbocycles. The summed E-state index contributed by atoms with van der Waals surface area (Å²) in [6.45, 7) is 0. The maximum Gasteiger partial charge on any atom is 0.122 e. The molecular formula is C13H13N3. The highest BCUT2D eigenvalue weighted by Gasteiger charge is 2.20. The lowest BCUT2D eigenvalue weighted by molar-refractivity contribution is 0.444. The Kier molecular flexibility index (Phi) is 2.07. The molecule has 0 saturated heterocycles. The lowest BCUT2D eigenvalue weighted by atomic mass is 9.93. The van der Waals surface area contributed by atoms with Gasteiger partial charge in [-0.05, 0) is 25.3 Å². The smallest absolute Gasteiger partial charge is 0.122 e. The van der Waals surface area contributed by atoms with Crippen molar-refractivity contribution in [2.24, 2.45) is 0 Å². The van der Waals surface area contributed by atoms with Crippen molar-refractivity contribution in [2.75, 3.05) is 5.32 Å². The van der Waals surface area contributed by atoms with Crippen molar-refractivity contribution in [1.82, 2.24) is 4.98 Å². The van der Waals surface area contributed by atoms with Crippen LogP contribution in [0.5, 0.6) is 0 Å². The van der Waals surface area contributed by atoms with Gasteiger partial charge in [0.05, 0.1) is 0 Å². The van der Waals surface area contributed by atoms with E-state index in [4.69, 9.17) is 0 Å². The first-order chi connectivity index (χ1) is 7.88. The molecule has 0 radical (unpaired) electrons. The van der Waals surface area contributed by atoms with Gasteiger partial charge in [0.2, 0.25) is 0 Å². The molecule has 0 atom stereocenters. The summed E-state index contributed by atoms with van der Waals surface area (Å²) in [6.07, 6.45) is 3.71. The molecule has 1 saturated carbocycles. The van der Waals surface area contributed by atoms with Crippen LogP contribution in [0.1, 0.15) is 24.8 Å². The van der Waals surface area contributed by atoms with Gasteiger partial charge in [-0.25, -0.2) is 0 Å². The highest BCUT2D eigenvalue weighted by atomic mass is 15.0. The number of benzene rings is 1. The van der Waals surface area contributed by atoms with Gasteiger partial charge in [0.25, 0.3) is 0 Å².